The van der Waals surface area contributed by atoms with Crippen molar-refractivity contribution in [1.82, 2.24) is 5.32 Å². The van der Waals surface area contributed by atoms with Crippen LogP contribution in [0.2, 0.25) is 0 Å². The highest BCUT2D eigenvalue weighted by molar-refractivity contribution is 5.84. The number of nitrogens with one attached hydrogen (secondary N) is 2. The summed E-state index contributed by atoms with van der Waals surface area (Å²) in [6.45, 7) is 9.44. The molecule has 2 N–H and O–H groups in total. The van der Waals surface area contributed by atoms with Crippen molar-refractivity contribution in [2.45, 2.75) is 38.8 Å². The lowest BCUT2D eigenvalue weighted by Gasteiger charge is -2.24. The SMILES string of the molecule is C=CCNC(=O)[C@H](C)Nc1ccc(OC2CCOCC2)c(C)c1. The Morgan fingerprint density at radius 2 is 2.22 bits per heavy atom. The number of benzene rings is 1. The zero-order chi connectivity index (χ0) is 16.7. The molecule has 126 valence electrons. The van der Waals surface area contributed by atoms with E-state index in [9.17, 15) is 4.79 Å². The van der Waals surface area contributed by atoms with E-state index < -0.39 is 0 Å². The van der Waals surface area contributed by atoms with Crippen LogP contribution in [0.15, 0.2) is 30.9 Å². The third-order valence-electron chi connectivity index (χ3n) is 3.83. The highest BCUT2D eigenvalue weighted by atomic mass is 16.5. The molecule has 1 heterocycles. The summed E-state index contributed by atoms with van der Waals surface area (Å²) in [5.74, 6) is 0.844. The summed E-state index contributed by atoms with van der Waals surface area (Å²) in [7, 11) is 0. The number of amides is 1. The van der Waals surface area contributed by atoms with Crippen LogP contribution in [-0.2, 0) is 9.53 Å². The molecule has 5 nitrogen and oxygen atoms in total. The molecule has 1 amide bonds. The Morgan fingerprint density at radius 3 is 2.87 bits per heavy atom. The van der Waals surface area contributed by atoms with Crippen molar-refractivity contribution in [3.05, 3.63) is 36.4 Å². The second kappa shape index (κ2) is 8.58. The predicted octanol–water partition coefficient (Wildman–Crippen LogP) is 2.66. The second-order valence-corrected chi connectivity index (χ2v) is 5.81. The molecule has 5 heteroatoms. The molecular weight excluding hydrogens is 292 g/mol. The van der Waals surface area contributed by atoms with Crippen LogP contribution in [0.25, 0.3) is 0 Å². The summed E-state index contributed by atoms with van der Waals surface area (Å²) in [5, 5.41) is 5.98. The lowest BCUT2D eigenvalue weighted by molar-refractivity contribution is -0.121. The summed E-state index contributed by atoms with van der Waals surface area (Å²) < 4.78 is 11.4. The molecule has 1 aromatic rings. The summed E-state index contributed by atoms with van der Waals surface area (Å²) in [4.78, 5) is 11.9. The lowest BCUT2D eigenvalue weighted by Crippen LogP contribution is -2.37. The van der Waals surface area contributed by atoms with Crippen molar-refractivity contribution in [1.29, 1.82) is 0 Å². The van der Waals surface area contributed by atoms with Crippen molar-refractivity contribution >= 4 is 11.6 Å². The van der Waals surface area contributed by atoms with Gasteiger partial charge in [-0.15, -0.1) is 6.58 Å². The number of ether oxygens (including phenoxy) is 2. The van der Waals surface area contributed by atoms with E-state index in [2.05, 4.69) is 17.2 Å². The molecule has 0 saturated carbocycles. The Labute approximate surface area is 138 Å². The van der Waals surface area contributed by atoms with Gasteiger partial charge in [-0.1, -0.05) is 6.08 Å². The Morgan fingerprint density at radius 1 is 1.48 bits per heavy atom. The molecule has 1 aromatic carbocycles. The highest BCUT2D eigenvalue weighted by Gasteiger charge is 2.17. The number of carbonyl (C=O) groups excluding carboxylic acids is 1. The van der Waals surface area contributed by atoms with E-state index in [0.717, 1.165) is 43.1 Å². The Hall–Kier alpha value is -2.01. The highest BCUT2D eigenvalue weighted by Crippen LogP contribution is 2.25. The lowest BCUT2D eigenvalue weighted by atomic mass is 10.1. The number of carbonyl (C=O) groups is 1. The number of hydrogen-bond donors (Lipinski definition) is 2. The fourth-order valence-electron chi connectivity index (χ4n) is 2.49. The molecule has 1 fully saturated rings. The van der Waals surface area contributed by atoms with Crippen LogP contribution in [0.4, 0.5) is 5.69 Å². The number of aryl methyl sites for hydroxylation is 1. The van der Waals surface area contributed by atoms with Gasteiger partial charge in [0.2, 0.25) is 5.91 Å². The maximum absolute atomic E-state index is 11.9. The van der Waals surface area contributed by atoms with Crippen molar-refractivity contribution in [3.8, 4) is 5.75 Å². The Bertz CT molecular complexity index is 539. The average Bonchev–Trinajstić information content (AvgIpc) is 2.56. The van der Waals surface area contributed by atoms with Gasteiger partial charge in [0.1, 0.15) is 17.9 Å². The molecule has 1 saturated heterocycles. The monoisotopic (exact) mass is 318 g/mol. The van der Waals surface area contributed by atoms with Crippen molar-refractivity contribution in [3.63, 3.8) is 0 Å². The first kappa shape index (κ1) is 17.3. The standard InChI is InChI=1S/C18H26N2O3/c1-4-9-19-18(21)14(3)20-15-5-6-17(13(2)12-15)23-16-7-10-22-11-8-16/h4-6,12,14,16,20H,1,7-11H2,2-3H3,(H,19,21)/t14-/m0/s1. The van der Waals surface area contributed by atoms with Crippen LogP contribution < -0.4 is 15.4 Å². The van der Waals surface area contributed by atoms with E-state index >= 15 is 0 Å². The van der Waals surface area contributed by atoms with Crippen LogP contribution in [0.5, 0.6) is 5.75 Å². The summed E-state index contributed by atoms with van der Waals surface area (Å²) in [5.41, 5.74) is 1.96. The second-order valence-electron chi connectivity index (χ2n) is 5.81. The molecule has 0 spiro atoms. The van der Waals surface area contributed by atoms with E-state index in [1.54, 1.807) is 6.08 Å². The fourth-order valence-corrected chi connectivity index (χ4v) is 2.49. The summed E-state index contributed by atoms with van der Waals surface area (Å²) in [6.07, 6.45) is 3.75. The molecule has 2 rings (SSSR count). The van der Waals surface area contributed by atoms with Gasteiger partial charge in [0.15, 0.2) is 0 Å². The maximum atomic E-state index is 11.9. The molecule has 0 bridgehead atoms. The van der Waals surface area contributed by atoms with Gasteiger partial charge in [0.25, 0.3) is 0 Å². The summed E-state index contributed by atoms with van der Waals surface area (Å²) in [6, 6.07) is 5.60. The van der Waals surface area contributed by atoms with Gasteiger partial charge in [0.05, 0.1) is 13.2 Å². The van der Waals surface area contributed by atoms with Crippen LogP contribution >= 0.6 is 0 Å². The molecule has 1 atom stereocenters. The minimum atomic E-state index is -0.309. The van der Waals surface area contributed by atoms with E-state index in [4.69, 9.17) is 9.47 Å². The Balaban J connectivity index is 1.92. The van der Waals surface area contributed by atoms with E-state index in [1.165, 1.54) is 0 Å². The van der Waals surface area contributed by atoms with Crippen LogP contribution in [0.3, 0.4) is 0 Å². The van der Waals surface area contributed by atoms with Gasteiger partial charge in [-0.2, -0.15) is 0 Å². The van der Waals surface area contributed by atoms with Gasteiger partial charge in [-0.25, -0.2) is 0 Å². The molecule has 23 heavy (non-hydrogen) atoms. The van der Waals surface area contributed by atoms with Crippen molar-refractivity contribution in [2.75, 3.05) is 25.1 Å². The van der Waals surface area contributed by atoms with E-state index in [0.29, 0.717) is 6.54 Å². The van der Waals surface area contributed by atoms with Gasteiger partial charge >= 0.3 is 0 Å². The number of anilines is 1. The maximum Gasteiger partial charge on any atom is 0.242 e. The zero-order valence-corrected chi connectivity index (χ0v) is 13.9. The van der Waals surface area contributed by atoms with Crippen molar-refractivity contribution < 1.29 is 14.3 Å². The first-order valence-electron chi connectivity index (χ1n) is 8.10. The number of hydrogen-bond acceptors (Lipinski definition) is 4. The normalized spacial score (nSPS) is 16.4. The molecule has 1 aliphatic rings. The minimum Gasteiger partial charge on any atom is -0.490 e. The fraction of sp³-hybridized carbons (Fsp3) is 0.500. The molecule has 0 aromatic heterocycles. The topological polar surface area (TPSA) is 59.6 Å². The summed E-state index contributed by atoms with van der Waals surface area (Å²) >= 11 is 0. The molecule has 1 aliphatic heterocycles. The smallest absolute Gasteiger partial charge is 0.242 e. The number of rotatable bonds is 7. The van der Waals surface area contributed by atoms with Gasteiger partial charge in [-0.05, 0) is 37.6 Å². The van der Waals surface area contributed by atoms with E-state index in [1.807, 2.05) is 32.0 Å². The molecule has 0 aliphatic carbocycles. The van der Waals surface area contributed by atoms with Gasteiger partial charge in [0, 0.05) is 25.1 Å². The van der Waals surface area contributed by atoms with Crippen molar-refractivity contribution in [2.24, 2.45) is 0 Å². The molecule has 0 radical (unpaired) electrons. The first-order chi connectivity index (χ1) is 11.1. The largest absolute Gasteiger partial charge is 0.490 e. The minimum absolute atomic E-state index is 0.0508. The molecular formula is C18H26N2O3. The third-order valence-corrected chi connectivity index (χ3v) is 3.83. The van der Waals surface area contributed by atoms with Crippen LogP contribution in [0.1, 0.15) is 25.3 Å². The first-order valence-corrected chi connectivity index (χ1v) is 8.10. The average molecular weight is 318 g/mol. The van der Waals surface area contributed by atoms with Gasteiger partial charge < -0.3 is 20.1 Å². The van der Waals surface area contributed by atoms with Crippen LogP contribution in [0, 0.1) is 6.92 Å². The molecule has 0 unspecified atom stereocenters. The predicted molar refractivity (Wildman–Crippen MR) is 91.9 cm³/mol. The van der Waals surface area contributed by atoms with Gasteiger partial charge in [-0.3, -0.25) is 4.79 Å². The zero-order valence-electron chi connectivity index (χ0n) is 13.9. The third kappa shape index (κ3) is 5.28. The Kier molecular flexibility index (Phi) is 6.47. The van der Waals surface area contributed by atoms with Crippen LogP contribution in [-0.4, -0.2) is 37.8 Å². The van der Waals surface area contributed by atoms with E-state index in [-0.39, 0.29) is 18.1 Å². The quantitative estimate of drug-likeness (QED) is 0.759.